The first kappa shape index (κ1) is 17.1. The number of nitrogens with zero attached hydrogens (tertiary/aromatic N) is 4. The number of nitrogens with one attached hydrogen (secondary N) is 1. The Balaban J connectivity index is 2.13. The summed E-state index contributed by atoms with van der Waals surface area (Å²) in [5.41, 5.74) is -0.00884. The van der Waals surface area contributed by atoms with Crippen molar-refractivity contribution >= 4 is 5.96 Å². The topological polar surface area (TPSA) is 105 Å². The quantitative estimate of drug-likeness (QED) is 0.595. The van der Waals surface area contributed by atoms with Crippen molar-refractivity contribution in [1.29, 1.82) is 10.5 Å². The molecular weight excluding hydrogens is 318 g/mol. The number of aliphatic imine (C=N–C) groups is 1. The van der Waals surface area contributed by atoms with Crippen molar-refractivity contribution in [2.45, 2.75) is 51.0 Å². The molecule has 0 saturated heterocycles. The molecular formula is C18H21N5O2. The minimum absolute atomic E-state index is 0.394. The maximum absolute atomic E-state index is 11.0. The molecule has 2 aliphatic rings. The number of hydrogen-bond donors (Lipinski definition) is 2. The van der Waals surface area contributed by atoms with Crippen LogP contribution in [0.15, 0.2) is 23.2 Å². The first-order valence-corrected chi connectivity index (χ1v) is 8.11. The van der Waals surface area contributed by atoms with Crippen molar-refractivity contribution in [2.75, 3.05) is 6.54 Å². The van der Waals surface area contributed by atoms with Crippen LogP contribution in [0.1, 0.15) is 44.9 Å². The molecule has 3 rings (SSSR count). The molecule has 0 bridgehead atoms. The molecule has 0 saturated carbocycles. The summed E-state index contributed by atoms with van der Waals surface area (Å²) in [5, 5.41) is 31.9. The number of hydrogen-bond acceptors (Lipinski definition) is 7. The average molecular weight is 339 g/mol. The number of nitriles is 2. The Hall–Kier alpha value is -2.77. The van der Waals surface area contributed by atoms with Crippen LogP contribution in [0, 0.1) is 22.8 Å². The summed E-state index contributed by atoms with van der Waals surface area (Å²) in [4.78, 5) is 6.44. The summed E-state index contributed by atoms with van der Waals surface area (Å²) in [6.07, 6.45) is 1.04. The van der Waals surface area contributed by atoms with Crippen LogP contribution >= 0.6 is 0 Å². The lowest BCUT2D eigenvalue weighted by Crippen LogP contribution is -2.55. The third-order valence-corrected chi connectivity index (χ3v) is 4.58. The molecule has 130 valence electrons. The highest BCUT2D eigenvalue weighted by molar-refractivity contribution is 5.84. The van der Waals surface area contributed by atoms with Gasteiger partial charge in [0.25, 0.3) is 0 Å². The molecule has 0 aromatic heterocycles. The number of fused-ring (bicyclic) bond motifs is 1. The molecule has 0 radical (unpaired) electrons. The van der Waals surface area contributed by atoms with Crippen LogP contribution in [0.4, 0.5) is 0 Å². The predicted octanol–water partition coefficient (Wildman–Crippen LogP) is 1.65. The SMILES string of the molecule is CC1(C)CN([C@H]2c3cc(C#N)ccc3OC(C)(C)[C@@H]2O)C(NC#N)=N1. The van der Waals surface area contributed by atoms with Crippen LogP contribution in [0.2, 0.25) is 0 Å². The summed E-state index contributed by atoms with van der Waals surface area (Å²) < 4.78 is 5.96. The second kappa shape index (κ2) is 5.65. The molecule has 0 spiro atoms. The third-order valence-electron chi connectivity index (χ3n) is 4.58. The van der Waals surface area contributed by atoms with E-state index >= 15 is 0 Å². The minimum atomic E-state index is -0.867. The zero-order chi connectivity index (χ0) is 18.4. The standard InChI is InChI=1S/C18H21N5O2/c1-17(2)9-23(16(22-17)21-10-20)14-12-7-11(8-19)5-6-13(12)25-18(3,4)15(14)24/h5-7,14-15,24H,9H2,1-4H3,(H,21,22)/t14-,15+/m0/s1. The molecule has 2 heterocycles. The Morgan fingerprint density at radius 1 is 1.32 bits per heavy atom. The Morgan fingerprint density at radius 2 is 2.04 bits per heavy atom. The van der Waals surface area contributed by atoms with Crippen molar-refractivity contribution in [3.63, 3.8) is 0 Å². The molecule has 2 atom stereocenters. The number of guanidine groups is 1. The van der Waals surface area contributed by atoms with Gasteiger partial charge in [-0.3, -0.25) is 5.32 Å². The van der Waals surface area contributed by atoms with Crippen LogP contribution in [0.5, 0.6) is 5.75 Å². The minimum Gasteiger partial charge on any atom is -0.485 e. The molecule has 7 nitrogen and oxygen atoms in total. The molecule has 2 N–H and O–H groups in total. The van der Waals surface area contributed by atoms with Crippen LogP contribution in [0.3, 0.4) is 0 Å². The van der Waals surface area contributed by atoms with Gasteiger partial charge in [-0.15, -0.1) is 0 Å². The molecule has 0 unspecified atom stereocenters. The van der Waals surface area contributed by atoms with E-state index in [1.807, 2.05) is 38.8 Å². The van der Waals surface area contributed by atoms with E-state index in [1.54, 1.807) is 18.2 Å². The van der Waals surface area contributed by atoms with E-state index in [1.165, 1.54) is 0 Å². The Bertz CT molecular complexity index is 816. The van der Waals surface area contributed by atoms with Gasteiger partial charge in [0, 0.05) is 12.1 Å². The molecule has 0 amide bonds. The molecule has 7 heteroatoms. The first-order chi connectivity index (χ1) is 11.7. The van der Waals surface area contributed by atoms with Gasteiger partial charge in [-0.1, -0.05) is 0 Å². The fraction of sp³-hybridized carbons (Fsp3) is 0.500. The number of benzene rings is 1. The van der Waals surface area contributed by atoms with Gasteiger partial charge in [-0.25, -0.2) is 4.99 Å². The molecule has 0 fully saturated rings. The Labute approximate surface area is 147 Å². The van der Waals surface area contributed by atoms with Crippen molar-refractivity contribution < 1.29 is 9.84 Å². The lowest BCUT2D eigenvalue weighted by molar-refractivity contribution is -0.0817. The maximum Gasteiger partial charge on any atom is 0.208 e. The lowest BCUT2D eigenvalue weighted by atomic mass is 9.84. The molecule has 0 aliphatic carbocycles. The summed E-state index contributed by atoms with van der Waals surface area (Å²) in [6.45, 7) is 8.11. The van der Waals surface area contributed by atoms with Crippen molar-refractivity contribution in [1.82, 2.24) is 10.2 Å². The van der Waals surface area contributed by atoms with E-state index in [-0.39, 0.29) is 0 Å². The third kappa shape index (κ3) is 2.88. The smallest absolute Gasteiger partial charge is 0.208 e. The van der Waals surface area contributed by atoms with E-state index < -0.39 is 23.3 Å². The predicted molar refractivity (Wildman–Crippen MR) is 91.6 cm³/mol. The van der Waals surface area contributed by atoms with E-state index in [4.69, 9.17) is 10.00 Å². The van der Waals surface area contributed by atoms with Gasteiger partial charge in [0.05, 0.1) is 23.2 Å². The van der Waals surface area contributed by atoms with Crippen LogP contribution in [-0.4, -0.2) is 39.8 Å². The summed E-state index contributed by atoms with van der Waals surface area (Å²) >= 11 is 0. The van der Waals surface area contributed by atoms with Crippen LogP contribution in [-0.2, 0) is 0 Å². The number of ether oxygens (including phenoxy) is 1. The molecule has 1 aromatic rings. The normalized spacial score (nSPS) is 25.9. The van der Waals surface area contributed by atoms with Gasteiger partial charge in [0.1, 0.15) is 17.5 Å². The maximum atomic E-state index is 11.0. The number of aliphatic hydroxyl groups is 1. The average Bonchev–Trinajstić information content (AvgIpc) is 2.83. The molecule has 2 aliphatic heterocycles. The van der Waals surface area contributed by atoms with Gasteiger partial charge in [0.15, 0.2) is 6.19 Å². The highest BCUT2D eigenvalue weighted by Crippen LogP contribution is 2.44. The summed E-state index contributed by atoms with van der Waals surface area (Å²) in [6, 6.07) is 6.82. The van der Waals surface area contributed by atoms with Crippen molar-refractivity contribution in [3.05, 3.63) is 29.3 Å². The van der Waals surface area contributed by atoms with Gasteiger partial charge >= 0.3 is 0 Å². The molecule has 1 aromatic carbocycles. The van der Waals surface area contributed by atoms with E-state index in [0.717, 1.165) is 5.56 Å². The number of rotatable bonds is 1. The van der Waals surface area contributed by atoms with Gasteiger partial charge in [0.2, 0.25) is 5.96 Å². The van der Waals surface area contributed by atoms with Crippen molar-refractivity contribution in [3.8, 4) is 18.0 Å². The highest BCUT2D eigenvalue weighted by atomic mass is 16.5. The monoisotopic (exact) mass is 339 g/mol. The second-order valence-corrected chi connectivity index (χ2v) is 7.57. The zero-order valence-corrected chi connectivity index (χ0v) is 14.7. The molecule has 25 heavy (non-hydrogen) atoms. The van der Waals surface area contributed by atoms with E-state index in [0.29, 0.717) is 23.8 Å². The summed E-state index contributed by atoms with van der Waals surface area (Å²) in [7, 11) is 0. The highest BCUT2D eigenvalue weighted by Gasteiger charge is 2.49. The van der Waals surface area contributed by atoms with Gasteiger partial charge in [-0.2, -0.15) is 10.5 Å². The van der Waals surface area contributed by atoms with Crippen LogP contribution < -0.4 is 10.1 Å². The number of aliphatic hydroxyl groups excluding tert-OH is 1. The zero-order valence-electron chi connectivity index (χ0n) is 14.7. The Morgan fingerprint density at radius 3 is 2.68 bits per heavy atom. The van der Waals surface area contributed by atoms with Gasteiger partial charge in [-0.05, 0) is 45.9 Å². The van der Waals surface area contributed by atoms with Crippen molar-refractivity contribution in [2.24, 2.45) is 4.99 Å². The lowest BCUT2D eigenvalue weighted by Gasteiger charge is -2.46. The Kier molecular flexibility index (Phi) is 3.85. The van der Waals surface area contributed by atoms with Crippen LogP contribution in [0.25, 0.3) is 0 Å². The fourth-order valence-corrected chi connectivity index (χ4v) is 3.43. The summed E-state index contributed by atoms with van der Waals surface area (Å²) in [5.74, 6) is 1.04. The first-order valence-electron chi connectivity index (χ1n) is 8.11. The second-order valence-electron chi connectivity index (χ2n) is 7.57. The van der Waals surface area contributed by atoms with E-state index in [2.05, 4.69) is 16.4 Å². The largest absolute Gasteiger partial charge is 0.485 e. The fourth-order valence-electron chi connectivity index (χ4n) is 3.43. The van der Waals surface area contributed by atoms with E-state index in [9.17, 15) is 10.4 Å². The van der Waals surface area contributed by atoms with Gasteiger partial charge < -0.3 is 14.7 Å².